The first-order chi connectivity index (χ1) is 16.1. The smallest absolute Gasteiger partial charge is 0.257 e. The van der Waals surface area contributed by atoms with Gasteiger partial charge in [-0.1, -0.05) is 19.1 Å². The molecule has 1 amide bonds. The van der Waals surface area contributed by atoms with E-state index in [1.54, 1.807) is 43.5 Å². The summed E-state index contributed by atoms with van der Waals surface area (Å²) in [7, 11) is 1.61. The Kier molecular flexibility index (Phi) is 6.85. The van der Waals surface area contributed by atoms with E-state index in [4.69, 9.17) is 26.1 Å². The number of methoxy groups -OCH3 is 1. The molecule has 7 nitrogen and oxygen atoms in total. The highest BCUT2D eigenvalue weighted by Crippen LogP contribution is 2.28. The lowest BCUT2D eigenvalue weighted by atomic mass is 10.2. The Morgan fingerprint density at radius 3 is 2.70 bits per heavy atom. The number of benzene rings is 3. The fraction of sp³-hybridized carbons (Fsp3) is 0.160. The van der Waals surface area contributed by atoms with E-state index in [0.29, 0.717) is 40.6 Å². The molecule has 0 spiro atoms. The number of thiocarbonyl (C=S) groups is 1. The first-order valence-corrected chi connectivity index (χ1v) is 10.9. The molecular formula is C25H23N3O4S. The Bertz CT molecular complexity index is 1300. The molecule has 1 heterocycles. The van der Waals surface area contributed by atoms with Crippen LogP contribution in [0.5, 0.6) is 11.5 Å². The van der Waals surface area contributed by atoms with Gasteiger partial charge in [0, 0.05) is 16.8 Å². The number of anilines is 1. The number of rotatable bonds is 7. The zero-order chi connectivity index (χ0) is 23.2. The normalized spacial score (nSPS) is 10.6. The summed E-state index contributed by atoms with van der Waals surface area (Å²) in [4.78, 5) is 17.1. The van der Waals surface area contributed by atoms with Crippen LogP contribution >= 0.6 is 12.2 Å². The summed E-state index contributed by atoms with van der Waals surface area (Å²) >= 11 is 5.32. The Morgan fingerprint density at radius 1 is 1.06 bits per heavy atom. The molecule has 0 bridgehead atoms. The van der Waals surface area contributed by atoms with Crippen LogP contribution in [0.3, 0.4) is 0 Å². The highest BCUT2D eigenvalue weighted by molar-refractivity contribution is 7.80. The van der Waals surface area contributed by atoms with E-state index < -0.39 is 0 Å². The number of hydrogen-bond donors (Lipinski definition) is 2. The molecule has 0 aliphatic carbocycles. The molecule has 0 aliphatic heterocycles. The Labute approximate surface area is 196 Å². The second-order valence-corrected chi connectivity index (χ2v) is 7.63. The van der Waals surface area contributed by atoms with Gasteiger partial charge in [0.05, 0.1) is 13.7 Å². The third kappa shape index (κ3) is 5.48. The molecule has 33 heavy (non-hydrogen) atoms. The van der Waals surface area contributed by atoms with Crippen molar-refractivity contribution >= 4 is 40.0 Å². The second kappa shape index (κ2) is 10.1. The molecule has 0 saturated carbocycles. The van der Waals surface area contributed by atoms with E-state index in [1.165, 1.54) is 0 Å². The van der Waals surface area contributed by atoms with Crippen molar-refractivity contribution in [1.82, 2.24) is 10.3 Å². The van der Waals surface area contributed by atoms with E-state index in [2.05, 4.69) is 15.6 Å². The lowest BCUT2D eigenvalue weighted by Crippen LogP contribution is -2.34. The molecule has 0 saturated heterocycles. The van der Waals surface area contributed by atoms with Crippen molar-refractivity contribution < 1.29 is 18.7 Å². The first-order valence-electron chi connectivity index (χ1n) is 10.5. The average molecular weight is 462 g/mol. The number of amides is 1. The molecule has 4 rings (SSSR count). The van der Waals surface area contributed by atoms with E-state index in [1.807, 2.05) is 37.3 Å². The second-order valence-electron chi connectivity index (χ2n) is 7.22. The predicted octanol–water partition coefficient (Wildman–Crippen LogP) is 5.42. The van der Waals surface area contributed by atoms with Crippen LogP contribution in [0.1, 0.15) is 23.7 Å². The van der Waals surface area contributed by atoms with Crippen molar-refractivity contribution in [2.75, 3.05) is 19.0 Å². The van der Waals surface area contributed by atoms with Crippen molar-refractivity contribution in [3.05, 3.63) is 72.3 Å². The summed E-state index contributed by atoms with van der Waals surface area (Å²) < 4.78 is 16.7. The van der Waals surface area contributed by atoms with E-state index >= 15 is 0 Å². The van der Waals surface area contributed by atoms with E-state index in [0.717, 1.165) is 17.7 Å². The Hall–Kier alpha value is -3.91. The zero-order valence-electron chi connectivity index (χ0n) is 18.3. The van der Waals surface area contributed by atoms with Crippen LogP contribution in [0.2, 0.25) is 0 Å². The van der Waals surface area contributed by atoms with Crippen LogP contribution < -0.4 is 20.1 Å². The molecule has 1 aromatic heterocycles. The molecular weight excluding hydrogens is 438 g/mol. The van der Waals surface area contributed by atoms with Crippen molar-refractivity contribution in [3.8, 4) is 23.0 Å². The molecule has 0 unspecified atom stereocenters. The lowest BCUT2D eigenvalue weighted by Gasteiger charge is -2.10. The molecule has 4 aromatic rings. The maximum atomic E-state index is 12.6. The summed E-state index contributed by atoms with van der Waals surface area (Å²) in [5.74, 6) is 1.53. The van der Waals surface area contributed by atoms with Crippen LogP contribution in [0.25, 0.3) is 22.6 Å². The molecule has 0 atom stereocenters. The molecule has 0 aliphatic rings. The van der Waals surface area contributed by atoms with Gasteiger partial charge >= 0.3 is 0 Å². The minimum atomic E-state index is -0.322. The number of oxazole rings is 1. The maximum Gasteiger partial charge on any atom is 0.257 e. The molecule has 0 fully saturated rings. The van der Waals surface area contributed by atoms with Crippen molar-refractivity contribution in [2.45, 2.75) is 13.3 Å². The van der Waals surface area contributed by atoms with Crippen molar-refractivity contribution in [3.63, 3.8) is 0 Å². The van der Waals surface area contributed by atoms with Crippen molar-refractivity contribution in [2.24, 2.45) is 0 Å². The molecule has 2 N–H and O–H groups in total. The fourth-order valence-corrected chi connectivity index (χ4v) is 3.38. The van der Waals surface area contributed by atoms with Crippen LogP contribution in [0.15, 0.2) is 71.1 Å². The minimum absolute atomic E-state index is 0.177. The Balaban J connectivity index is 1.44. The average Bonchev–Trinajstić information content (AvgIpc) is 3.26. The number of fused-ring (bicyclic) bond motifs is 1. The number of carbonyl (C=O) groups is 1. The van der Waals surface area contributed by atoms with Gasteiger partial charge in [-0.05, 0) is 73.2 Å². The SMILES string of the molecule is CCCOc1cccc(C(=O)NC(=S)Nc2ccc3oc(-c4cccc(OC)c4)nc3c2)c1. The van der Waals surface area contributed by atoms with E-state index in [9.17, 15) is 4.79 Å². The van der Waals surface area contributed by atoms with Gasteiger partial charge in [0.25, 0.3) is 5.91 Å². The highest BCUT2D eigenvalue weighted by Gasteiger charge is 2.12. The van der Waals surface area contributed by atoms with Gasteiger partial charge in [0.15, 0.2) is 10.7 Å². The van der Waals surface area contributed by atoms with Crippen LogP contribution in [0.4, 0.5) is 5.69 Å². The van der Waals surface area contributed by atoms with Gasteiger partial charge in [-0.3, -0.25) is 10.1 Å². The van der Waals surface area contributed by atoms with Gasteiger partial charge in [-0.25, -0.2) is 4.98 Å². The number of nitrogens with one attached hydrogen (secondary N) is 2. The number of hydrogen-bond acceptors (Lipinski definition) is 6. The zero-order valence-corrected chi connectivity index (χ0v) is 19.1. The maximum absolute atomic E-state index is 12.6. The highest BCUT2D eigenvalue weighted by atomic mass is 32.1. The lowest BCUT2D eigenvalue weighted by molar-refractivity contribution is 0.0977. The predicted molar refractivity (Wildman–Crippen MR) is 132 cm³/mol. The third-order valence-electron chi connectivity index (χ3n) is 4.76. The first kappa shape index (κ1) is 22.3. The summed E-state index contributed by atoms with van der Waals surface area (Å²) in [6, 6.07) is 19.9. The van der Waals surface area contributed by atoms with Crippen LogP contribution in [-0.4, -0.2) is 29.7 Å². The monoisotopic (exact) mass is 461 g/mol. The quantitative estimate of drug-likeness (QED) is 0.356. The van der Waals surface area contributed by atoms with Gasteiger partial charge in [-0.15, -0.1) is 0 Å². The minimum Gasteiger partial charge on any atom is -0.497 e. The Morgan fingerprint density at radius 2 is 1.88 bits per heavy atom. The van der Waals surface area contributed by atoms with Gasteiger partial charge in [0.1, 0.15) is 17.0 Å². The van der Waals surface area contributed by atoms with E-state index in [-0.39, 0.29) is 11.0 Å². The summed E-state index contributed by atoms with van der Waals surface area (Å²) in [5.41, 5.74) is 3.25. The topological polar surface area (TPSA) is 85.6 Å². The summed E-state index contributed by atoms with van der Waals surface area (Å²) in [6.07, 6.45) is 0.890. The van der Waals surface area contributed by atoms with Gasteiger partial charge in [0.2, 0.25) is 5.89 Å². The molecule has 0 radical (unpaired) electrons. The van der Waals surface area contributed by atoms with Gasteiger partial charge < -0.3 is 19.2 Å². The fourth-order valence-electron chi connectivity index (χ4n) is 3.17. The molecule has 168 valence electrons. The standard InChI is InChI=1S/C25H23N3O4S/c1-3-12-31-20-9-4-6-16(13-20)23(29)28-25(33)26-18-10-11-22-21(15-18)27-24(32-22)17-7-5-8-19(14-17)30-2/h4-11,13-15H,3,12H2,1-2H3,(H2,26,28,29,33). The number of carbonyl (C=O) groups excluding carboxylic acids is 1. The summed E-state index contributed by atoms with van der Waals surface area (Å²) in [6.45, 7) is 2.62. The summed E-state index contributed by atoms with van der Waals surface area (Å²) in [5, 5.41) is 5.88. The number of ether oxygens (including phenoxy) is 2. The van der Waals surface area contributed by atoms with Crippen molar-refractivity contribution in [1.29, 1.82) is 0 Å². The van der Waals surface area contributed by atoms with Gasteiger partial charge in [-0.2, -0.15) is 0 Å². The molecule has 3 aromatic carbocycles. The van der Waals surface area contributed by atoms with Crippen LogP contribution in [0, 0.1) is 0 Å². The molecule has 8 heteroatoms. The largest absolute Gasteiger partial charge is 0.497 e. The number of aromatic nitrogens is 1. The third-order valence-corrected chi connectivity index (χ3v) is 4.96. The van der Waals surface area contributed by atoms with Crippen LogP contribution in [-0.2, 0) is 0 Å². The number of nitrogens with zero attached hydrogens (tertiary/aromatic N) is 1.